The van der Waals surface area contributed by atoms with Gasteiger partial charge >= 0.3 is 0 Å². The van der Waals surface area contributed by atoms with Crippen LogP contribution in [-0.4, -0.2) is 28.9 Å². The van der Waals surface area contributed by atoms with Crippen LogP contribution in [0.15, 0.2) is 29.8 Å². The lowest BCUT2D eigenvalue weighted by Gasteiger charge is -2.32. The van der Waals surface area contributed by atoms with Crippen molar-refractivity contribution in [2.24, 2.45) is 5.92 Å². The van der Waals surface area contributed by atoms with Gasteiger partial charge in [-0.1, -0.05) is 0 Å². The molecule has 0 unspecified atom stereocenters. The van der Waals surface area contributed by atoms with Crippen LogP contribution in [0.1, 0.15) is 41.7 Å². The number of hydrogen-bond acceptors (Lipinski definition) is 3. The molecule has 3 atom stereocenters. The fourth-order valence-electron chi connectivity index (χ4n) is 3.66. The van der Waals surface area contributed by atoms with E-state index in [1.54, 1.807) is 17.5 Å². The molecule has 0 bridgehead atoms. The van der Waals surface area contributed by atoms with Crippen molar-refractivity contribution in [3.63, 3.8) is 0 Å². The third-order valence-corrected chi connectivity index (χ3v) is 5.94. The van der Waals surface area contributed by atoms with Crippen molar-refractivity contribution < 1.29 is 13.6 Å². The first-order chi connectivity index (χ1) is 11.6. The van der Waals surface area contributed by atoms with Gasteiger partial charge in [-0.2, -0.15) is 0 Å². The second-order valence-electron chi connectivity index (χ2n) is 6.61. The Morgan fingerprint density at radius 2 is 2.21 bits per heavy atom. The van der Waals surface area contributed by atoms with Gasteiger partial charge in [0, 0.05) is 36.5 Å². The molecule has 126 valence electrons. The second kappa shape index (κ2) is 6.24. The lowest BCUT2D eigenvalue weighted by atomic mass is 9.98. The number of carbonyl (C=O) groups excluding carboxylic acids is 1. The quantitative estimate of drug-likeness (QED) is 0.842. The van der Waals surface area contributed by atoms with E-state index in [9.17, 15) is 13.6 Å². The van der Waals surface area contributed by atoms with Crippen molar-refractivity contribution in [1.82, 2.24) is 9.88 Å². The van der Waals surface area contributed by atoms with E-state index >= 15 is 0 Å². The molecule has 1 saturated heterocycles. The van der Waals surface area contributed by atoms with Crippen molar-refractivity contribution in [2.75, 3.05) is 13.1 Å². The predicted octanol–water partition coefficient (Wildman–Crippen LogP) is 3.93. The van der Waals surface area contributed by atoms with E-state index in [0.717, 1.165) is 36.5 Å². The molecule has 1 aromatic carbocycles. The number of nitrogens with zero attached hydrogens (tertiary/aromatic N) is 2. The summed E-state index contributed by atoms with van der Waals surface area (Å²) in [5.74, 6) is -0.900. The lowest BCUT2D eigenvalue weighted by molar-refractivity contribution is -0.133. The van der Waals surface area contributed by atoms with Crippen LogP contribution in [0.5, 0.6) is 0 Å². The zero-order valence-corrected chi connectivity index (χ0v) is 13.9. The summed E-state index contributed by atoms with van der Waals surface area (Å²) in [7, 11) is 0. The average molecular weight is 348 g/mol. The monoisotopic (exact) mass is 348 g/mol. The number of aromatic nitrogens is 1. The highest BCUT2D eigenvalue weighted by Gasteiger charge is 2.47. The number of amides is 1. The van der Waals surface area contributed by atoms with Crippen molar-refractivity contribution in [3.05, 3.63) is 52.0 Å². The summed E-state index contributed by atoms with van der Waals surface area (Å²) in [6, 6.07) is 3.48. The van der Waals surface area contributed by atoms with Gasteiger partial charge in [0.1, 0.15) is 11.6 Å². The molecule has 0 N–H and O–H groups in total. The molecule has 2 fully saturated rings. The Labute approximate surface area is 143 Å². The Kier molecular flexibility index (Phi) is 4.08. The summed E-state index contributed by atoms with van der Waals surface area (Å²) < 4.78 is 27.2. The van der Waals surface area contributed by atoms with Gasteiger partial charge in [-0.3, -0.25) is 4.79 Å². The Hall–Kier alpha value is -1.82. The van der Waals surface area contributed by atoms with Crippen LogP contribution in [-0.2, 0) is 4.79 Å². The zero-order valence-electron chi connectivity index (χ0n) is 13.1. The minimum absolute atomic E-state index is 0.0740. The van der Waals surface area contributed by atoms with Gasteiger partial charge in [-0.05, 0) is 48.9 Å². The molecule has 1 saturated carbocycles. The zero-order chi connectivity index (χ0) is 16.7. The molecule has 1 aliphatic carbocycles. The summed E-state index contributed by atoms with van der Waals surface area (Å²) in [6.45, 7) is 1.43. The second-order valence-corrected chi connectivity index (χ2v) is 7.53. The molecular weight excluding hydrogens is 330 g/mol. The molecular formula is C18H18F2N2OS. The van der Waals surface area contributed by atoms with Gasteiger partial charge in [-0.25, -0.2) is 13.8 Å². The number of rotatable bonds is 3. The maximum Gasteiger partial charge on any atom is 0.226 e. The summed E-state index contributed by atoms with van der Waals surface area (Å²) in [4.78, 5) is 19.0. The third kappa shape index (κ3) is 2.95. The molecule has 2 aliphatic rings. The minimum atomic E-state index is -0.452. The smallest absolute Gasteiger partial charge is 0.226 e. The number of hydrogen-bond donors (Lipinski definition) is 0. The Balaban J connectivity index is 1.44. The van der Waals surface area contributed by atoms with E-state index in [2.05, 4.69) is 4.98 Å². The van der Waals surface area contributed by atoms with Crippen LogP contribution >= 0.6 is 11.3 Å². The Bertz CT molecular complexity index is 749. The molecule has 0 radical (unpaired) electrons. The van der Waals surface area contributed by atoms with E-state index in [1.165, 1.54) is 6.07 Å². The largest absolute Gasteiger partial charge is 0.342 e. The summed E-state index contributed by atoms with van der Waals surface area (Å²) >= 11 is 1.63. The van der Waals surface area contributed by atoms with Gasteiger partial charge in [0.05, 0.1) is 5.01 Å². The first kappa shape index (κ1) is 15.7. The molecule has 1 aromatic heterocycles. The van der Waals surface area contributed by atoms with Gasteiger partial charge in [-0.15, -0.1) is 11.3 Å². The normalized spacial score (nSPS) is 26.4. The van der Waals surface area contributed by atoms with Crippen LogP contribution in [0.4, 0.5) is 8.78 Å². The van der Waals surface area contributed by atoms with E-state index in [1.807, 2.05) is 10.3 Å². The average Bonchev–Trinajstić information content (AvgIpc) is 3.19. The Morgan fingerprint density at radius 3 is 3.00 bits per heavy atom. The molecule has 24 heavy (non-hydrogen) atoms. The molecule has 2 heterocycles. The third-order valence-electron chi connectivity index (χ3n) is 5.00. The minimum Gasteiger partial charge on any atom is -0.342 e. The number of piperidine rings is 1. The molecule has 1 amide bonds. The Morgan fingerprint density at radius 1 is 1.33 bits per heavy atom. The number of likely N-dealkylation sites (tertiary alicyclic amines) is 1. The van der Waals surface area contributed by atoms with Crippen LogP contribution in [0.3, 0.4) is 0 Å². The molecule has 3 nitrogen and oxygen atoms in total. The van der Waals surface area contributed by atoms with E-state index in [4.69, 9.17) is 0 Å². The van der Waals surface area contributed by atoms with Crippen molar-refractivity contribution in [2.45, 2.75) is 31.1 Å². The fourth-order valence-corrected chi connectivity index (χ4v) is 4.43. The SMILES string of the molecule is O=C([C@@H]1C[C@H]1c1cc(F)ccc1F)N1CCC[C@H](c2nccs2)C1. The number of carbonyl (C=O) groups is 1. The van der Waals surface area contributed by atoms with E-state index < -0.39 is 11.6 Å². The van der Waals surface area contributed by atoms with Gasteiger partial charge in [0.15, 0.2) is 0 Å². The maximum atomic E-state index is 13.9. The van der Waals surface area contributed by atoms with Crippen LogP contribution in [0.2, 0.25) is 0 Å². The molecule has 4 rings (SSSR count). The van der Waals surface area contributed by atoms with Crippen LogP contribution in [0, 0.1) is 17.6 Å². The maximum absolute atomic E-state index is 13.9. The summed E-state index contributed by atoms with van der Waals surface area (Å²) in [6.07, 6.45) is 4.41. The fraction of sp³-hybridized carbons (Fsp3) is 0.444. The number of benzene rings is 1. The first-order valence-electron chi connectivity index (χ1n) is 8.26. The molecule has 2 aromatic rings. The van der Waals surface area contributed by atoms with Crippen molar-refractivity contribution in [3.8, 4) is 0 Å². The predicted molar refractivity (Wildman–Crippen MR) is 87.9 cm³/mol. The summed E-state index contributed by atoms with van der Waals surface area (Å²) in [5.41, 5.74) is 0.335. The standard InChI is InChI=1S/C18H18F2N2OS/c19-12-3-4-16(20)14(8-12)13-9-15(13)18(23)22-6-1-2-11(10-22)17-21-5-7-24-17/h3-5,7-8,11,13,15H,1-2,6,9-10H2/t11-,13-,15+/m0/s1. The van der Waals surface area contributed by atoms with Crippen molar-refractivity contribution >= 4 is 17.2 Å². The highest BCUT2D eigenvalue weighted by atomic mass is 32.1. The lowest BCUT2D eigenvalue weighted by Crippen LogP contribution is -2.40. The summed E-state index contributed by atoms with van der Waals surface area (Å²) in [5, 5.41) is 3.04. The van der Waals surface area contributed by atoms with Crippen molar-refractivity contribution in [1.29, 1.82) is 0 Å². The van der Waals surface area contributed by atoms with Gasteiger partial charge in [0.2, 0.25) is 5.91 Å². The highest BCUT2D eigenvalue weighted by Crippen LogP contribution is 2.49. The van der Waals surface area contributed by atoms with Gasteiger partial charge < -0.3 is 4.90 Å². The highest BCUT2D eigenvalue weighted by molar-refractivity contribution is 7.09. The van der Waals surface area contributed by atoms with Crippen LogP contribution < -0.4 is 0 Å². The topological polar surface area (TPSA) is 33.2 Å². The van der Waals surface area contributed by atoms with Gasteiger partial charge in [0.25, 0.3) is 0 Å². The number of halogens is 2. The number of thiazole rings is 1. The molecule has 1 aliphatic heterocycles. The van der Waals surface area contributed by atoms with E-state index in [0.29, 0.717) is 24.4 Å². The van der Waals surface area contributed by atoms with E-state index in [-0.39, 0.29) is 17.7 Å². The van der Waals surface area contributed by atoms with Crippen LogP contribution in [0.25, 0.3) is 0 Å². The first-order valence-corrected chi connectivity index (χ1v) is 9.14. The molecule has 6 heteroatoms. The molecule has 0 spiro atoms.